The number of nitrogens with zero attached hydrogens (tertiary/aromatic N) is 2. The molecule has 0 fully saturated rings. The molecule has 1 aromatic heterocycles. The third-order valence-electron chi connectivity index (χ3n) is 4.58. The predicted octanol–water partition coefficient (Wildman–Crippen LogP) is 4.50. The maximum absolute atomic E-state index is 12.8. The van der Waals surface area contributed by atoms with Gasteiger partial charge in [-0.05, 0) is 69.2 Å². The average Bonchev–Trinajstić information content (AvgIpc) is 3.01. The molecule has 1 heterocycles. The molecule has 0 unspecified atom stereocenters. The van der Waals surface area contributed by atoms with Gasteiger partial charge in [0, 0.05) is 18.7 Å². The fourth-order valence-electron chi connectivity index (χ4n) is 2.94. The van der Waals surface area contributed by atoms with Crippen LogP contribution in [0.3, 0.4) is 0 Å². The van der Waals surface area contributed by atoms with Crippen LogP contribution in [0.25, 0.3) is 10.2 Å². The lowest BCUT2D eigenvalue weighted by molar-refractivity contribution is 0.0996. The topological polar surface area (TPSA) is 52.8 Å². The lowest BCUT2D eigenvalue weighted by Crippen LogP contribution is -2.19. The Bertz CT molecular complexity index is 1050. The second-order valence-corrected chi connectivity index (χ2v) is 7.52. The van der Waals surface area contributed by atoms with Gasteiger partial charge < -0.3 is 14.0 Å². The number of hydrogen-bond acceptors (Lipinski definition) is 4. The molecule has 0 aliphatic heterocycles. The molecule has 0 saturated heterocycles. The summed E-state index contributed by atoms with van der Waals surface area (Å²) in [7, 11) is 0. The summed E-state index contributed by atoms with van der Waals surface area (Å²) in [6.45, 7) is 10.5. The van der Waals surface area contributed by atoms with Crippen molar-refractivity contribution >= 4 is 27.5 Å². The molecule has 0 saturated carbocycles. The molecule has 0 spiro atoms. The minimum absolute atomic E-state index is 0.232. The molecule has 0 radical (unpaired) electrons. The number of benzene rings is 2. The Labute approximate surface area is 169 Å². The standard InChI is InChI=1S/C22H26N2O3S/c1-5-26-12-11-24-19-10-9-18(27-6-2)14-20(19)28-22(24)23-21(25)17-8-7-15(3)16(4)13-17/h7-10,13-14H,5-6,11-12H2,1-4H3. The first-order chi connectivity index (χ1) is 13.5. The van der Waals surface area contributed by atoms with Crippen molar-refractivity contribution in [2.24, 2.45) is 4.99 Å². The molecule has 0 aliphatic rings. The number of hydrogen-bond donors (Lipinski definition) is 0. The maximum Gasteiger partial charge on any atom is 0.279 e. The van der Waals surface area contributed by atoms with E-state index >= 15 is 0 Å². The second kappa shape index (κ2) is 9.17. The summed E-state index contributed by atoms with van der Waals surface area (Å²) in [5, 5.41) is 0. The summed E-state index contributed by atoms with van der Waals surface area (Å²) < 4.78 is 14.2. The van der Waals surface area contributed by atoms with E-state index in [1.165, 1.54) is 11.3 Å². The lowest BCUT2D eigenvalue weighted by atomic mass is 10.1. The molecule has 3 rings (SSSR count). The highest BCUT2D eigenvalue weighted by atomic mass is 32.1. The van der Waals surface area contributed by atoms with Crippen LogP contribution in [-0.4, -0.2) is 30.3 Å². The first-order valence-electron chi connectivity index (χ1n) is 9.53. The van der Waals surface area contributed by atoms with Gasteiger partial charge in [-0.3, -0.25) is 4.79 Å². The normalized spacial score (nSPS) is 11.9. The average molecular weight is 399 g/mol. The van der Waals surface area contributed by atoms with E-state index in [0.717, 1.165) is 27.1 Å². The van der Waals surface area contributed by atoms with E-state index in [0.29, 0.717) is 36.7 Å². The SMILES string of the molecule is CCOCCn1c(=NC(=O)c2ccc(C)c(C)c2)sc2cc(OCC)ccc21. The predicted molar refractivity (Wildman–Crippen MR) is 113 cm³/mol. The fourth-order valence-corrected chi connectivity index (χ4v) is 4.02. The lowest BCUT2D eigenvalue weighted by Gasteiger charge is -2.07. The minimum atomic E-state index is -0.232. The summed E-state index contributed by atoms with van der Waals surface area (Å²) in [4.78, 5) is 17.9. The van der Waals surface area contributed by atoms with Gasteiger partial charge in [0.2, 0.25) is 0 Å². The van der Waals surface area contributed by atoms with Crippen LogP contribution in [0.15, 0.2) is 41.4 Å². The molecule has 5 nitrogen and oxygen atoms in total. The van der Waals surface area contributed by atoms with Crippen molar-refractivity contribution in [1.82, 2.24) is 4.57 Å². The van der Waals surface area contributed by atoms with Crippen LogP contribution >= 0.6 is 11.3 Å². The summed E-state index contributed by atoms with van der Waals surface area (Å²) in [6, 6.07) is 11.7. The van der Waals surface area contributed by atoms with E-state index in [1.807, 2.05) is 68.7 Å². The third kappa shape index (κ3) is 4.51. The van der Waals surface area contributed by atoms with Gasteiger partial charge in [0.15, 0.2) is 4.80 Å². The zero-order valence-corrected chi connectivity index (χ0v) is 17.6. The fraction of sp³-hybridized carbons (Fsp3) is 0.364. The number of aryl methyl sites for hydroxylation is 2. The van der Waals surface area contributed by atoms with Crippen LogP contribution in [0.4, 0.5) is 0 Å². The summed E-state index contributed by atoms with van der Waals surface area (Å²) in [5.74, 6) is 0.588. The molecule has 28 heavy (non-hydrogen) atoms. The van der Waals surface area contributed by atoms with E-state index in [-0.39, 0.29) is 5.91 Å². The molecule has 0 bridgehead atoms. The Morgan fingerprint density at radius 2 is 1.89 bits per heavy atom. The van der Waals surface area contributed by atoms with Gasteiger partial charge >= 0.3 is 0 Å². The smallest absolute Gasteiger partial charge is 0.279 e. The molecular weight excluding hydrogens is 372 g/mol. The van der Waals surface area contributed by atoms with Crippen molar-refractivity contribution in [3.05, 3.63) is 57.9 Å². The Balaban J connectivity index is 2.05. The number of aromatic nitrogens is 1. The zero-order valence-electron chi connectivity index (χ0n) is 16.8. The number of thiazole rings is 1. The molecule has 0 N–H and O–H groups in total. The highest BCUT2D eigenvalue weighted by molar-refractivity contribution is 7.16. The highest BCUT2D eigenvalue weighted by Crippen LogP contribution is 2.23. The number of amides is 1. The van der Waals surface area contributed by atoms with E-state index in [9.17, 15) is 4.79 Å². The molecule has 0 atom stereocenters. The van der Waals surface area contributed by atoms with E-state index in [1.54, 1.807) is 0 Å². The molecular formula is C22H26N2O3S. The zero-order chi connectivity index (χ0) is 20.1. The van der Waals surface area contributed by atoms with Crippen LogP contribution in [0.5, 0.6) is 5.75 Å². The Morgan fingerprint density at radius 1 is 1.07 bits per heavy atom. The molecule has 3 aromatic rings. The first kappa shape index (κ1) is 20.3. The number of fused-ring (bicyclic) bond motifs is 1. The number of carbonyl (C=O) groups excluding carboxylic acids is 1. The quantitative estimate of drug-likeness (QED) is 0.551. The molecule has 2 aromatic carbocycles. The number of rotatable bonds is 7. The van der Waals surface area contributed by atoms with Crippen LogP contribution in [0.2, 0.25) is 0 Å². The number of carbonyl (C=O) groups is 1. The maximum atomic E-state index is 12.8. The Morgan fingerprint density at radius 3 is 2.61 bits per heavy atom. The van der Waals surface area contributed by atoms with Gasteiger partial charge in [0.05, 0.1) is 23.4 Å². The molecule has 6 heteroatoms. The van der Waals surface area contributed by atoms with Gasteiger partial charge in [0.25, 0.3) is 5.91 Å². The van der Waals surface area contributed by atoms with E-state index in [2.05, 4.69) is 4.99 Å². The van der Waals surface area contributed by atoms with Crippen molar-refractivity contribution in [3.63, 3.8) is 0 Å². The first-order valence-corrected chi connectivity index (χ1v) is 10.3. The van der Waals surface area contributed by atoms with E-state index in [4.69, 9.17) is 9.47 Å². The summed E-state index contributed by atoms with van der Waals surface area (Å²) in [5.41, 5.74) is 3.88. The molecule has 1 amide bonds. The van der Waals surface area contributed by atoms with Gasteiger partial charge in [0.1, 0.15) is 5.75 Å². The Kier molecular flexibility index (Phi) is 6.65. The third-order valence-corrected chi connectivity index (χ3v) is 5.62. The minimum Gasteiger partial charge on any atom is -0.494 e. The van der Waals surface area contributed by atoms with E-state index < -0.39 is 0 Å². The Hall–Kier alpha value is -2.44. The largest absolute Gasteiger partial charge is 0.494 e. The number of ether oxygens (including phenoxy) is 2. The van der Waals surface area contributed by atoms with Crippen molar-refractivity contribution in [2.45, 2.75) is 34.2 Å². The van der Waals surface area contributed by atoms with Crippen molar-refractivity contribution in [1.29, 1.82) is 0 Å². The summed E-state index contributed by atoms with van der Waals surface area (Å²) >= 11 is 1.49. The monoisotopic (exact) mass is 398 g/mol. The van der Waals surface area contributed by atoms with Crippen molar-refractivity contribution in [3.8, 4) is 5.75 Å². The molecule has 0 aliphatic carbocycles. The van der Waals surface area contributed by atoms with Gasteiger partial charge in [-0.25, -0.2) is 0 Å². The van der Waals surface area contributed by atoms with Gasteiger partial charge in [-0.2, -0.15) is 4.99 Å². The second-order valence-electron chi connectivity index (χ2n) is 6.51. The van der Waals surface area contributed by atoms with Crippen LogP contribution in [0.1, 0.15) is 35.3 Å². The molecule has 148 valence electrons. The van der Waals surface area contributed by atoms with Gasteiger partial charge in [-0.1, -0.05) is 17.4 Å². The van der Waals surface area contributed by atoms with Crippen LogP contribution in [-0.2, 0) is 11.3 Å². The highest BCUT2D eigenvalue weighted by Gasteiger charge is 2.11. The summed E-state index contributed by atoms with van der Waals surface area (Å²) in [6.07, 6.45) is 0. The van der Waals surface area contributed by atoms with Crippen molar-refractivity contribution < 1.29 is 14.3 Å². The van der Waals surface area contributed by atoms with Crippen LogP contribution in [0, 0.1) is 13.8 Å². The van der Waals surface area contributed by atoms with Gasteiger partial charge in [-0.15, -0.1) is 0 Å². The van der Waals surface area contributed by atoms with Crippen LogP contribution < -0.4 is 9.54 Å². The van der Waals surface area contributed by atoms with Crippen molar-refractivity contribution in [2.75, 3.05) is 19.8 Å².